The highest BCUT2D eigenvalue weighted by molar-refractivity contribution is 5.84. The van der Waals surface area contributed by atoms with Gasteiger partial charge in [0.2, 0.25) is 0 Å². The third-order valence-corrected chi connectivity index (χ3v) is 21.7. The topological polar surface area (TPSA) is 321 Å². The first kappa shape index (κ1) is 118. The molecule has 13 N–H and O–H groups in total. The van der Waals surface area contributed by atoms with Gasteiger partial charge >= 0.3 is 0 Å². The Morgan fingerprint density at radius 2 is 0.809 bits per heavy atom. The van der Waals surface area contributed by atoms with E-state index in [9.17, 15) is 33.6 Å². The molecule has 0 aromatic carbocycles. The Morgan fingerprint density at radius 1 is 0.417 bits per heavy atom. The van der Waals surface area contributed by atoms with Crippen molar-refractivity contribution in [3.8, 4) is 0 Å². The van der Waals surface area contributed by atoms with Crippen molar-refractivity contribution in [3.63, 3.8) is 0 Å². The molecule has 3 aliphatic rings. The highest BCUT2D eigenvalue weighted by Gasteiger charge is 2.30. The Balaban J connectivity index is -0.000000625. The maximum Gasteiger partial charge on any atom is 0.185 e. The molecule has 1 heterocycles. The largest absolute Gasteiger partial charge is 0.378 e. The van der Waals surface area contributed by atoms with E-state index >= 15 is 0 Å². The van der Waals surface area contributed by atoms with E-state index in [-0.39, 0.29) is 65.8 Å². The lowest BCUT2D eigenvalue weighted by Crippen LogP contribution is -2.38. The van der Waals surface area contributed by atoms with E-state index in [4.69, 9.17) is 32.4 Å². The van der Waals surface area contributed by atoms with E-state index in [2.05, 4.69) is 145 Å². The summed E-state index contributed by atoms with van der Waals surface area (Å²) < 4.78 is 10.5. The highest BCUT2D eigenvalue weighted by atomic mass is 16.5. The molecule has 3 fully saturated rings. The number of guanidine groups is 1. The molecular formula is C94H192N12O9. The quantitative estimate of drug-likeness (QED) is 0.0155. The molecule has 0 aromatic rings. The van der Waals surface area contributed by atoms with Crippen molar-refractivity contribution in [3.05, 3.63) is 0 Å². The first-order chi connectivity index (χ1) is 53.7. The van der Waals surface area contributed by atoms with Crippen LogP contribution in [0.5, 0.6) is 0 Å². The van der Waals surface area contributed by atoms with Gasteiger partial charge in [-0.15, -0.1) is 0 Å². The standard InChI is InChI=1S/2C15H29NO.C14H27NO.C13H28N4O.C13H28N2O.C12H26N2O.C12H25NO3/c1-11(2)15(17)14-8-6-13(7-9-14)10-16(5)12(3)4;1-12(2)15(17)7-5-6-14-8-10-16(11-9-14)13(3)4;1-10(2)14(16)13-7-5-12(6-8-13)9-15-11(3)4;1-9(2)12(18)8-11(17-10(3)4)6-5-7-16-13(14)15;1-10(2)13(16)9-12(15-11(3)4)7-5-6-8-14;1-9(2)12(15)8-11(6-5-7-13)14-10(3)4;1-10(2)12(14)9-16-8-7-15-6-5-13-11(3)4/h11-14H,6-10H2,1-5H3;12-14H,5-11H2,1-4H3;10-13,15H,5-9H2,1-4H3;9-11,17H,5-8H2,1-4H3,(H4,14,15,16);10-12,15H,5-9,14H2,1-4H3;9-11,14H,5-8,13H2,1-4H3;10-11,13H,5-9H2,1-4H3. The molecule has 0 aromatic heterocycles. The van der Waals surface area contributed by atoms with E-state index < -0.39 is 0 Å². The molecule has 0 amide bonds. The summed E-state index contributed by atoms with van der Waals surface area (Å²) in [7, 11) is 2.20. The van der Waals surface area contributed by atoms with Crippen LogP contribution in [0.4, 0.5) is 0 Å². The fourth-order valence-electron chi connectivity index (χ4n) is 13.9. The Bertz CT molecular complexity index is 2420. The normalized spacial score (nSPS) is 17.5. The number of ether oxygens (including phenoxy) is 2. The molecule has 1 aliphatic heterocycles. The van der Waals surface area contributed by atoms with Gasteiger partial charge in [0.05, 0.1) is 19.8 Å². The molecule has 2 aliphatic carbocycles. The van der Waals surface area contributed by atoms with Crippen LogP contribution >= 0.6 is 0 Å². The van der Waals surface area contributed by atoms with Gasteiger partial charge < -0.3 is 68.8 Å². The number of carbonyl (C=O) groups is 7. The molecule has 3 unspecified atom stereocenters. The zero-order chi connectivity index (χ0) is 88.9. The van der Waals surface area contributed by atoms with Gasteiger partial charge in [-0.3, -0.25) is 38.6 Å². The minimum atomic E-state index is 0.0520. The minimum absolute atomic E-state index is 0.0520. The number of nitrogens with zero attached hydrogens (tertiary/aromatic N) is 3. The molecule has 3 rings (SSSR count). The maximum atomic E-state index is 11.9. The Morgan fingerprint density at radius 3 is 1.17 bits per heavy atom. The van der Waals surface area contributed by atoms with Gasteiger partial charge in [0.25, 0.3) is 0 Å². The van der Waals surface area contributed by atoms with Gasteiger partial charge in [-0.1, -0.05) is 173 Å². The lowest BCUT2D eigenvalue weighted by Gasteiger charge is -2.34. The average molecular weight is 1630 g/mol. The van der Waals surface area contributed by atoms with Crippen LogP contribution in [0.2, 0.25) is 0 Å². The van der Waals surface area contributed by atoms with Gasteiger partial charge in [-0.25, -0.2) is 0 Å². The molecule has 21 heteroatoms. The predicted molar refractivity (Wildman–Crippen MR) is 490 cm³/mol. The second kappa shape index (κ2) is 72.2. The van der Waals surface area contributed by atoms with Crippen molar-refractivity contribution < 1.29 is 43.0 Å². The first-order valence-corrected chi connectivity index (χ1v) is 46.2. The van der Waals surface area contributed by atoms with Crippen LogP contribution in [-0.4, -0.2) is 202 Å². The summed E-state index contributed by atoms with van der Waals surface area (Å²) in [4.78, 5) is 90.5. The molecule has 0 bridgehead atoms. The zero-order valence-electron chi connectivity index (χ0n) is 80.3. The molecule has 2 saturated carbocycles. The van der Waals surface area contributed by atoms with E-state index in [0.717, 1.165) is 121 Å². The van der Waals surface area contributed by atoms with Gasteiger partial charge in [-0.2, -0.15) is 0 Å². The van der Waals surface area contributed by atoms with E-state index in [1.165, 1.54) is 64.6 Å². The van der Waals surface area contributed by atoms with Crippen molar-refractivity contribution in [2.45, 2.75) is 402 Å². The van der Waals surface area contributed by atoms with Crippen LogP contribution < -0.4 is 49.5 Å². The third kappa shape index (κ3) is 69.8. The average Bonchev–Trinajstić information content (AvgIpc) is 0.884. The summed E-state index contributed by atoms with van der Waals surface area (Å²) in [5, 5.41) is 17.1. The Kier molecular flexibility index (Phi) is 74.0. The van der Waals surface area contributed by atoms with Crippen LogP contribution in [0.3, 0.4) is 0 Å². The summed E-state index contributed by atoms with van der Waals surface area (Å²) >= 11 is 0. The molecule has 0 spiro atoms. The molecule has 0 radical (unpaired) electrons. The molecular weight excluding hydrogens is 1440 g/mol. The summed E-state index contributed by atoms with van der Waals surface area (Å²) in [6.45, 7) is 67.5. The maximum absolute atomic E-state index is 11.9. The molecule has 21 nitrogen and oxygen atoms in total. The molecule has 115 heavy (non-hydrogen) atoms. The number of ketones is 7. The lowest BCUT2D eigenvalue weighted by molar-refractivity contribution is -0.127. The molecule has 682 valence electrons. The van der Waals surface area contributed by atoms with Crippen LogP contribution in [0, 0.1) is 71.0 Å². The first-order valence-electron chi connectivity index (χ1n) is 46.2. The van der Waals surface area contributed by atoms with Gasteiger partial charge in [0.1, 0.15) is 41.3 Å². The molecule has 3 atom stereocenters. The van der Waals surface area contributed by atoms with Crippen molar-refractivity contribution in [2.75, 3.05) is 85.8 Å². The SMILES string of the molecule is CC(C)C(=O)C1CCC(CN(C)C(C)C)CC1.CC(C)C(=O)CCCC1CCN(C(C)C)CC1.CC(C)NC(CCCCN)CC(=O)C(C)C.CC(C)NC(CCCN)CC(=O)C(C)C.CC(C)NC(CCCN=C(N)N)CC(=O)C(C)C.CC(C)NCC1CCC(C(=O)C(C)C)CC1.CC(C)NCCOCCOCC(=O)C(C)C. The molecule has 1 saturated heterocycles. The predicted octanol–water partition coefficient (Wildman–Crippen LogP) is 15.9. The van der Waals surface area contributed by atoms with Crippen LogP contribution in [0.15, 0.2) is 4.99 Å². The summed E-state index contributed by atoms with van der Waals surface area (Å²) in [5.41, 5.74) is 21.5. The smallest absolute Gasteiger partial charge is 0.185 e. The number of rotatable bonds is 52. The third-order valence-electron chi connectivity index (χ3n) is 21.7. The number of carbonyl (C=O) groups excluding carboxylic acids is 7. The van der Waals surface area contributed by atoms with Crippen molar-refractivity contribution >= 4 is 46.4 Å². The lowest BCUT2D eigenvalue weighted by atomic mass is 9.77. The number of nitrogens with two attached hydrogens (primary N) is 4. The van der Waals surface area contributed by atoms with Crippen molar-refractivity contribution in [1.29, 1.82) is 0 Å². The minimum Gasteiger partial charge on any atom is -0.378 e. The number of Topliss-reactive ketones (excluding diaryl/α,β-unsaturated/α-hetero) is 7. The number of nitrogens with one attached hydrogen (secondary N) is 5. The summed E-state index contributed by atoms with van der Waals surface area (Å²) in [5.74, 6) is 6.92. The zero-order valence-corrected chi connectivity index (χ0v) is 80.3. The van der Waals surface area contributed by atoms with Crippen molar-refractivity contribution in [2.24, 2.45) is 98.9 Å². The summed E-state index contributed by atoms with van der Waals surface area (Å²) in [6, 6.07) is 4.45. The van der Waals surface area contributed by atoms with Gasteiger partial charge in [0, 0.05) is 159 Å². The Hall–Kier alpha value is -3.48. The highest BCUT2D eigenvalue weighted by Crippen LogP contribution is 2.33. The second-order valence-corrected chi connectivity index (χ2v) is 37.8. The van der Waals surface area contributed by atoms with Crippen LogP contribution in [0.25, 0.3) is 0 Å². The summed E-state index contributed by atoms with van der Waals surface area (Å²) in [6.07, 6.45) is 24.0. The van der Waals surface area contributed by atoms with E-state index in [0.29, 0.717) is 153 Å². The fraction of sp³-hybridized carbons (Fsp3) is 0.915. The number of piperidine rings is 1. The monoisotopic (exact) mass is 1630 g/mol. The number of hydrogen-bond acceptors (Lipinski definition) is 19. The van der Waals surface area contributed by atoms with Crippen molar-refractivity contribution in [1.82, 2.24) is 36.4 Å². The fourth-order valence-corrected chi connectivity index (χ4v) is 13.9. The number of unbranched alkanes of at least 4 members (excludes halogenated alkanes) is 1. The van der Waals surface area contributed by atoms with E-state index in [1.54, 1.807) is 0 Å². The van der Waals surface area contributed by atoms with Crippen LogP contribution in [-0.2, 0) is 43.0 Å². The number of aliphatic imine (C=N–C) groups is 1. The van der Waals surface area contributed by atoms with Gasteiger partial charge in [-0.05, 0) is 201 Å². The number of hydrogen-bond donors (Lipinski definition) is 9. The number of likely N-dealkylation sites (tertiary alicyclic amines) is 1. The van der Waals surface area contributed by atoms with Gasteiger partial charge in [0.15, 0.2) is 11.7 Å². The van der Waals surface area contributed by atoms with Crippen LogP contribution in [0.1, 0.15) is 342 Å². The second-order valence-electron chi connectivity index (χ2n) is 37.8. The Labute approximate surface area is 709 Å². The van der Waals surface area contributed by atoms with E-state index in [1.807, 2.05) is 96.9 Å².